The lowest BCUT2D eigenvalue weighted by atomic mass is 10.0. The molecule has 0 bridgehead atoms. The van der Waals surface area contributed by atoms with E-state index in [0.717, 1.165) is 6.42 Å². The predicted octanol–water partition coefficient (Wildman–Crippen LogP) is 0.311. The maximum absolute atomic E-state index is 10.7. The van der Waals surface area contributed by atoms with Crippen LogP contribution in [0.4, 0.5) is 0 Å². The average molecular weight is 172 g/mol. The first-order valence-electron chi connectivity index (χ1n) is 4.18. The van der Waals surface area contributed by atoms with Gasteiger partial charge in [0.1, 0.15) is 6.10 Å². The summed E-state index contributed by atoms with van der Waals surface area (Å²) in [4.78, 5) is 10.7. The van der Waals surface area contributed by atoms with E-state index in [2.05, 4.69) is 0 Å². The highest BCUT2D eigenvalue weighted by molar-refractivity contribution is 5.66. The Kier molecular flexibility index (Phi) is 2.02. The number of fused-ring (bicyclic) bond motifs is 1. The highest BCUT2D eigenvalue weighted by atomic mass is 16.7. The van der Waals surface area contributed by atoms with Crippen LogP contribution >= 0.6 is 0 Å². The molecule has 0 aromatic heterocycles. The van der Waals surface area contributed by atoms with Crippen molar-refractivity contribution >= 4 is 5.97 Å². The molecule has 0 amide bonds. The van der Waals surface area contributed by atoms with Gasteiger partial charge in [0.2, 0.25) is 0 Å². The smallest absolute Gasteiger partial charge is 0.302 e. The van der Waals surface area contributed by atoms with Crippen molar-refractivity contribution in [1.29, 1.82) is 0 Å². The Morgan fingerprint density at radius 2 is 2.33 bits per heavy atom. The zero-order valence-corrected chi connectivity index (χ0v) is 6.99. The van der Waals surface area contributed by atoms with Crippen molar-refractivity contribution in [3.8, 4) is 0 Å². The summed E-state index contributed by atoms with van der Waals surface area (Å²) in [5.41, 5.74) is 0. The van der Waals surface area contributed by atoms with Gasteiger partial charge >= 0.3 is 5.97 Å². The van der Waals surface area contributed by atoms with Gasteiger partial charge in [-0.2, -0.15) is 0 Å². The van der Waals surface area contributed by atoms with E-state index in [9.17, 15) is 4.79 Å². The Balaban J connectivity index is 1.95. The van der Waals surface area contributed by atoms with E-state index in [1.807, 2.05) is 0 Å². The minimum atomic E-state index is -0.240. The molecule has 0 spiro atoms. The molecule has 2 aliphatic heterocycles. The average Bonchev–Trinajstić information content (AvgIpc) is 2.52. The Morgan fingerprint density at radius 3 is 3.08 bits per heavy atom. The van der Waals surface area contributed by atoms with E-state index in [-0.39, 0.29) is 24.3 Å². The monoisotopic (exact) mass is 172 g/mol. The fourth-order valence-corrected chi connectivity index (χ4v) is 1.76. The van der Waals surface area contributed by atoms with Gasteiger partial charge < -0.3 is 14.2 Å². The van der Waals surface area contributed by atoms with Crippen LogP contribution in [-0.4, -0.2) is 31.6 Å². The van der Waals surface area contributed by atoms with E-state index in [1.165, 1.54) is 6.92 Å². The Hall–Kier alpha value is -0.610. The van der Waals surface area contributed by atoms with Crippen LogP contribution in [0.2, 0.25) is 0 Å². The van der Waals surface area contributed by atoms with Crippen molar-refractivity contribution in [3.63, 3.8) is 0 Å². The lowest BCUT2D eigenvalue weighted by Crippen LogP contribution is -2.25. The summed E-state index contributed by atoms with van der Waals surface area (Å²) in [5, 5.41) is 0. The van der Waals surface area contributed by atoms with Crippen LogP contribution < -0.4 is 0 Å². The second-order valence-electron chi connectivity index (χ2n) is 3.17. The van der Waals surface area contributed by atoms with Crippen LogP contribution in [0.15, 0.2) is 0 Å². The Bertz CT molecular complexity index is 191. The van der Waals surface area contributed by atoms with Crippen molar-refractivity contribution in [2.24, 2.45) is 5.92 Å². The van der Waals surface area contributed by atoms with E-state index in [1.54, 1.807) is 0 Å². The van der Waals surface area contributed by atoms with Crippen LogP contribution in [0.5, 0.6) is 0 Å². The molecule has 0 aromatic rings. The zero-order valence-electron chi connectivity index (χ0n) is 6.99. The lowest BCUT2D eigenvalue weighted by molar-refractivity contribution is -0.147. The molecule has 4 nitrogen and oxygen atoms in total. The molecule has 2 heterocycles. The molecule has 0 N–H and O–H groups in total. The van der Waals surface area contributed by atoms with Gasteiger partial charge in [-0.25, -0.2) is 0 Å². The van der Waals surface area contributed by atoms with E-state index >= 15 is 0 Å². The van der Waals surface area contributed by atoms with Gasteiger partial charge in [-0.05, 0) is 6.42 Å². The van der Waals surface area contributed by atoms with E-state index in [0.29, 0.717) is 13.2 Å². The van der Waals surface area contributed by atoms with Crippen molar-refractivity contribution in [2.75, 3.05) is 13.2 Å². The molecule has 4 heteroatoms. The fourth-order valence-electron chi connectivity index (χ4n) is 1.76. The first-order valence-corrected chi connectivity index (χ1v) is 4.18. The third-order valence-corrected chi connectivity index (χ3v) is 2.30. The van der Waals surface area contributed by atoms with Crippen LogP contribution in [0.3, 0.4) is 0 Å². The summed E-state index contributed by atoms with van der Waals surface area (Å²) >= 11 is 0. The summed E-state index contributed by atoms with van der Waals surface area (Å²) in [6.45, 7) is 2.62. The standard InChI is InChI=1S/C8H12O4/c1-5(9)12-7-4-11-8-6(7)2-3-10-8/h6-8H,2-4H2,1H3/t6?,7-,8+/m0/s1. The summed E-state index contributed by atoms with van der Waals surface area (Å²) in [7, 11) is 0. The van der Waals surface area contributed by atoms with E-state index < -0.39 is 0 Å². The number of ether oxygens (including phenoxy) is 3. The SMILES string of the molecule is CC(=O)O[C@H]1CO[C@H]2OCCC21. The van der Waals surface area contributed by atoms with Gasteiger partial charge in [0.05, 0.1) is 19.1 Å². The van der Waals surface area contributed by atoms with E-state index in [4.69, 9.17) is 14.2 Å². The molecule has 2 aliphatic rings. The molecular weight excluding hydrogens is 160 g/mol. The maximum atomic E-state index is 10.7. The van der Waals surface area contributed by atoms with Gasteiger partial charge in [-0.15, -0.1) is 0 Å². The number of hydrogen-bond donors (Lipinski definition) is 0. The van der Waals surface area contributed by atoms with Crippen molar-refractivity contribution < 1.29 is 19.0 Å². The number of rotatable bonds is 1. The molecule has 0 aromatic carbocycles. The molecule has 0 aliphatic carbocycles. The number of carbonyl (C=O) groups is 1. The molecule has 0 radical (unpaired) electrons. The molecular formula is C8H12O4. The summed E-state index contributed by atoms with van der Waals surface area (Å²) in [6.07, 6.45) is 0.715. The van der Waals surface area contributed by atoms with Crippen molar-refractivity contribution in [1.82, 2.24) is 0 Å². The second kappa shape index (κ2) is 3.03. The normalized spacial score (nSPS) is 39.6. The zero-order chi connectivity index (χ0) is 8.55. The number of hydrogen-bond acceptors (Lipinski definition) is 4. The fraction of sp³-hybridized carbons (Fsp3) is 0.875. The first kappa shape index (κ1) is 8.01. The number of carbonyl (C=O) groups excluding carboxylic acids is 1. The Morgan fingerprint density at radius 1 is 1.50 bits per heavy atom. The quantitative estimate of drug-likeness (QED) is 0.534. The molecule has 68 valence electrons. The summed E-state index contributed by atoms with van der Waals surface area (Å²) in [5.74, 6) is 0.0186. The molecule has 3 atom stereocenters. The summed E-state index contributed by atoms with van der Waals surface area (Å²) in [6, 6.07) is 0. The molecule has 2 fully saturated rings. The van der Waals surface area contributed by atoms with Crippen molar-refractivity contribution in [3.05, 3.63) is 0 Å². The molecule has 0 saturated carbocycles. The van der Waals surface area contributed by atoms with Gasteiger partial charge in [-0.1, -0.05) is 0 Å². The Labute approximate surface area is 70.8 Å². The third kappa shape index (κ3) is 1.32. The van der Waals surface area contributed by atoms with Gasteiger partial charge in [0, 0.05) is 6.92 Å². The van der Waals surface area contributed by atoms with Crippen LogP contribution in [-0.2, 0) is 19.0 Å². The topological polar surface area (TPSA) is 44.8 Å². The van der Waals surface area contributed by atoms with Crippen LogP contribution in [0.1, 0.15) is 13.3 Å². The highest BCUT2D eigenvalue weighted by Gasteiger charge is 2.43. The van der Waals surface area contributed by atoms with Gasteiger partial charge in [0.15, 0.2) is 6.29 Å². The first-order chi connectivity index (χ1) is 5.77. The van der Waals surface area contributed by atoms with Crippen molar-refractivity contribution in [2.45, 2.75) is 25.7 Å². The van der Waals surface area contributed by atoms with Gasteiger partial charge in [-0.3, -0.25) is 4.79 Å². The highest BCUT2D eigenvalue weighted by Crippen LogP contribution is 2.32. The predicted molar refractivity (Wildman–Crippen MR) is 39.4 cm³/mol. The molecule has 12 heavy (non-hydrogen) atoms. The number of esters is 1. The molecule has 2 rings (SSSR count). The molecule has 2 saturated heterocycles. The second-order valence-corrected chi connectivity index (χ2v) is 3.17. The minimum absolute atomic E-state index is 0.0880. The third-order valence-electron chi connectivity index (χ3n) is 2.30. The van der Waals surface area contributed by atoms with Crippen LogP contribution in [0.25, 0.3) is 0 Å². The van der Waals surface area contributed by atoms with Gasteiger partial charge in [0.25, 0.3) is 0 Å². The lowest BCUT2D eigenvalue weighted by Gasteiger charge is -2.13. The molecule has 1 unspecified atom stereocenters. The minimum Gasteiger partial charge on any atom is -0.460 e. The largest absolute Gasteiger partial charge is 0.460 e. The van der Waals surface area contributed by atoms with Crippen LogP contribution in [0, 0.1) is 5.92 Å². The maximum Gasteiger partial charge on any atom is 0.302 e. The summed E-state index contributed by atoms with van der Waals surface area (Å²) < 4.78 is 15.6.